The van der Waals surface area contributed by atoms with Crippen LogP contribution in [0.15, 0.2) is 0 Å². The topological polar surface area (TPSA) is 186 Å². The van der Waals surface area contributed by atoms with Gasteiger partial charge >= 0.3 is 23.9 Å². The molecule has 0 aliphatic heterocycles. The van der Waals surface area contributed by atoms with E-state index in [0.717, 1.165) is 0 Å². The Labute approximate surface area is 398 Å². The van der Waals surface area contributed by atoms with E-state index in [4.69, 9.17) is 18.9 Å². The number of halogens is 4. The number of carbonyl (C=O) groups is 4. The number of quaternary nitrogens is 4. The Morgan fingerprint density at radius 1 is 0.403 bits per heavy atom. The van der Waals surface area contributed by atoms with Gasteiger partial charge in [-0.15, -0.1) is 0 Å². The van der Waals surface area contributed by atoms with Gasteiger partial charge in [0.2, 0.25) is 0 Å². The maximum Gasteiger partial charge on any atom is 0.311 e. The maximum absolute atomic E-state index is 14.4. The number of nitrogens with zero attached hydrogens (tertiary/aromatic N) is 4. The zero-order valence-corrected chi connectivity index (χ0v) is 44.2. The lowest BCUT2D eigenvalue weighted by Gasteiger charge is -2.43. The third kappa shape index (κ3) is 27.9. The standard InChI is InChI=1S/C42H86N4O12.4ClH/c1-19-40(4,36(52)56-25-32(48)21-44(10,11)12)29-42(6,38(54)58-27-34(50)23-46(16,17)18)30-41(5,37(53)57-26-33(49)22-45(13,14)15)28-39(2,3)35(51)55-24-31(47)20-43(7,8)9;;;;/h31-34,47-50H,19-30H2,1-18H3;4*1H/q+4;;;;/p-4. The highest BCUT2D eigenvalue weighted by Gasteiger charge is 2.54. The quantitative estimate of drug-likeness (QED) is 0.0347. The molecule has 20 heteroatoms. The van der Waals surface area contributed by atoms with Crippen LogP contribution < -0.4 is 49.6 Å². The molecule has 0 saturated heterocycles. The van der Waals surface area contributed by atoms with Crippen LogP contribution in [0.2, 0.25) is 0 Å². The van der Waals surface area contributed by atoms with E-state index in [1.807, 2.05) is 84.6 Å². The summed E-state index contributed by atoms with van der Waals surface area (Å²) in [5, 5.41) is 42.8. The van der Waals surface area contributed by atoms with Crippen LogP contribution in [0, 0.1) is 21.7 Å². The van der Waals surface area contributed by atoms with Gasteiger partial charge in [-0.2, -0.15) is 0 Å². The van der Waals surface area contributed by atoms with Crippen LogP contribution in [0.25, 0.3) is 0 Å². The summed E-state index contributed by atoms with van der Waals surface area (Å²) in [6, 6.07) is 0. The van der Waals surface area contributed by atoms with E-state index < -0.39 is 70.0 Å². The molecule has 7 atom stereocenters. The molecule has 0 spiro atoms. The van der Waals surface area contributed by atoms with E-state index in [0.29, 0.717) is 31.0 Å². The van der Waals surface area contributed by atoms with Crippen molar-refractivity contribution in [2.24, 2.45) is 21.7 Å². The summed E-state index contributed by atoms with van der Waals surface area (Å²) in [6.07, 6.45) is -4.32. The Morgan fingerprint density at radius 3 is 0.855 bits per heavy atom. The number of carbonyl (C=O) groups excluding carboxylic acids is 4. The van der Waals surface area contributed by atoms with Gasteiger partial charge in [0.15, 0.2) is 0 Å². The summed E-state index contributed by atoms with van der Waals surface area (Å²) < 4.78 is 24.5. The molecule has 0 aliphatic carbocycles. The van der Waals surface area contributed by atoms with Gasteiger partial charge < -0.3 is 107 Å². The van der Waals surface area contributed by atoms with Crippen LogP contribution in [0.5, 0.6) is 0 Å². The third-order valence-electron chi connectivity index (χ3n) is 9.87. The minimum atomic E-state index is -1.62. The molecule has 0 aromatic rings. The van der Waals surface area contributed by atoms with Gasteiger partial charge in [-0.3, -0.25) is 19.2 Å². The summed E-state index contributed by atoms with van der Waals surface area (Å²) in [6.45, 7) is 9.76. The van der Waals surface area contributed by atoms with E-state index in [2.05, 4.69) is 0 Å². The number of aliphatic hydroxyl groups is 4. The smallest absolute Gasteiger partial charge is 0.311 e. The van der Waals surface area contributed by atoms with Crippen LogP contribution in [0.1, 0.15) is 67.2 Å². The number of hydrogen-bond acceptors (Lipinski definition) is 12. The third-order valence-corrected chi connectivity index (χ3v) is 9.87. The van der Waals surface area contributed by atoms with E-state index in [1.165, 1.54) is 0 Å². The molecule has 62 heavy (non-hydrogen) atoms. The molecule has 0 heterocycles. The van der Waals surface area contributed by atoms with Crippen LogP contribution in [0.3, 0.4) is 0 Å². The highest BCUT2D eigenvalue weighted by Crippen LogP contribution is 2.49. The van der Waals surface area contributed by atoms with Crippen LogP contribution in [-0.2, 0) is 38.1 Å². The lowest BCUT2D eigenvalue weighted by Crippen LogP contribution is -3.00. The minimum absolute atomic E-state index is 0. The van der Waals surface area contributed by atoms with E-state index in [9.17, 15) is 39.6 Å². The average Bonchev–Trinajstić information content (AvgIpc) is 2.99. The first-order valence-electron chi connectivity index (χ1n) is 20.4. The van der Waals surface area contributed by atoms with Crippen LogP contribution in [0.4, 0.5) is 0 Å². The molecule has 374 valence electrons. The zero-order valence-electron chi connectivity index (χ0n) is 41.2. The number of hydrogen-bond donors (Lipinski definition) is 4. The Balaban J connectivity index is -0.00000271. The predicted octanol–water partition coefficient (Wildman–Crippen LogP) is -10.9. The van der Waals surface area contributed by atoms with Crippen molar-refractivity contribution in [3.63, 3.8) is 0 Å². The Hall–Kier alpha value is -1.28. The molecule has 0 amide bonds. The second-order valence-corrected chi connectivity index (χ2v) is 22.4. The first kappa shape index (κ1) is 69.8. The highest BCUT2D eigenvalue weighted by atomic mass is 35.5. The molecule has 0 rings (SSSR count). The fraction of sp³-hybridized carbons (Fsp3) is 0.905. The van der Waals surface area contributed by atoms with Gasteiger partial charge in [-0.25, -0.2) is 0 Å². The van der Waals surface area contributed by atoms with Gasteiger partial charge in [-0.05, 0) is 60.3 Å². The van der Waals surface area contributed by atoms with Crippen molar-refractivity contribution in [2.45, 2.75) is 91.6 Å². The number of esters is 4. The van der Waals surface area contributed by atoms with Crippen molar-refractivity contribution in [1.29, 1.82) is 0 Å². The van der Waals surface area contributed by atoms with E-state index in [1.54, 1.807) is 41.5 Å². The molecule has 0 bridgehead atoms. The molecule has 0 aromatic heterocycles. The molecule has 0 aromatic carbocycles. The molecule has 0 fully saturated rings. The number of rotatable bonds is 27. The molecule has 0 aliphatic rings. The second kappa shape index (κ2) is 27.4. The zero-order chi connectivity index (χ0) is 45.9. The summed E-state index contributed by atoms with van der Waals surface area (Å²) in [7, 11) is 22.7. The van der Waals surface area contributed by atoms with E-state index >= 15 is 0 Å². The first-order chi connectivity index (χ1) is 25.8. The monoisotopic (exact) mass is 978 g/mol. The normalized spacial score (nSPS) is 17.2. The lowest BCUT2D eigenvalue weighted by atomic mass is 9.61. The maximum atomic E-state index is 14.4. The molecule has 7 unspecified atom stereocenters. The molecular weight excluding hydrogens is 894 g/mol. The lowest BCUT2D eigenvalue weighted by molar-refractivity contribution is -0.873. The van der Waals surface area contributed by atoms with Gasteiger partial charge in [-0.1, -0.05) is 6.92 Å². The van der Waals surface area contributed by atoms with Crippen LogP contribution >= 0.6 is 0 Å². The van der Waals surface area contributed by atoms with Crippen molar-refractivity contribution in [1.82, 2.24) is 0 Å². The SMILES string of the molecule is CCC(C)(CC(C)(CC(C)(CC(C)(C)C(=O)OCC(O)C[N+](C)(C)C)C(=O)OCC(O)C[N+](C)(C)C)C(=O)OCC(O)C[N+](C)(C)C)C(=O)OCC(O)C[N+](C)(C)C.[Cl-].[Cl-].[Cl-].[Cl-]. The van der Waals surface area contributed by atoms with Gasteiger partial charge in [0.1, 0.15) is 77.0 Å². The van der Waals surface area contributed by atoms with Crippen LogP contribution in [-0.4, -0.2) is 224 Å². The molecular formula is C42H86Cl4N4O12. The molecule has 0 radical (unpaired) electrons. The van der Waals surface area contributed by atoms with E-state index in [-0.39, 0.29) is 115 Å². The average molecular weight is 981 g/mol. The molecule has 0 saturated carbocycles. The Morgan fingerprint density at radius 2 is 0.613 bits per heavy atom. The van der Waals surface area contributed by atoms with Crippen molar-refractivity contribution in [3.8, 4) is 0 Å². The summed E-state index contributed by atoms with van der Waals surface area (Å²) in [5.74, 6) is -2.90. The molecule has 4 N–H and O–H groups in total. The fourth-order valence-corrected chi connectivity index (χ4v) is 7.67. The number of aliphatic hydroxyl groups excluding tert-OH is 4. The van der Waals surface area contributed by atoms with Crippen molar-refractivity contribution in [2.75, 3.05) is 137 Å². The Kier molecular flexibility index (Phi) is 30.8. The summed E-state index contributed by atoms with van der Waals surface area (Å²) in [4.78, 5) is 56.4. The summed E-state index contributed by atoms with van der Waals surface area (Å²) >= 11 is 0. The minimum Gasteiger partial charge on any atom is -1.00 e. The fourth-order valence-electron chi connectivity index (χ4n) is 7.67. The van der Waals surface area contributed by atoms with Crippen molar-refractivity contribution >= 4 is 23.9 Å². The van der Waals surface area contributed by atoms with Crippen molar-refractivity contribution in [3.05, 3.63) is 0 Å². The van der Waals surface area contributed by atoms with Crippen molar-refractivity contribution < 1.29 is 126 Å². The number of ether oxygens (including phenoxy) is 4. The van der Waals surface area contributed by atoms with Gasteiger partial charge in [0.05, 0.1) is 106 Å². The highest BCUT2D eigenvalue weighted by molar-refractivity contribution is 5.84. The number of likely N-dealkylation sites (N-methyl/N-ethyl adjacent to an activating group) is 4. The Bertz CT molecular complexity index is 1350. The summed E-state index contributed by atoms with van der Waals surface area (Å²) in [5.41, 5.74) is -5.90. The van der Waals surface area contributed by atoms with Gasteiger partial charge in [0, 0.05) is 0 Å². The first-order valence-corrected chi connectivity index (χ1v) is 20.4. The van der Waals surface area contributed by atoms with Gasteiger partial charge in [0.25, 0.3) is 0 Å². The molecule has 16 nitrogen and oxygen atoms in total. The largest absolute Gasteiger partial charge is 1.00 e. The predicted molar refractivity (Wildman–Crippen MR) is 222 cm³/mol. The second-order valence-electron chi connectivity index (χ2n) is 22.4.